The van der Waals surface area contributed by atoms with Crippen molar-refractivity contribution in [1.82, 2.24) is 0 Å². The molecule has 1 amide bonds. The Morgan fingerprint density at radius 1 is 1.31 bits per heavy atom. The molecule has 0 aromatic heterocycles. The summed E-state index contributed by atoms with van der Waals surface area (Å²) in [6, 6.07) is 8.00. The van der Waals surface area contributed by atoms with Crippen molar-refractivity contribution in [3.63, 3.8) is 0 Å². The van der Waals surface area contributed by atoms with Crippen molar-refractivity contribution in [3.05, 3.63) is 29.8 Å². The van der Waals surface area contributed by atoms with E-state index in [1.54, 1.807) is 0 Å². The van der Waals surface area contributed by atoms with Crippen molar-refractivity contribution in [3.8, 4) is 0 Å². The Balaban J connectivity index is 2.01. The summed E-state index contributed by atoms with van der Waals surface area (Å²) < 4.78 is 0.553. The van der Waals surface area contributed by atoms with Crippen LogP contribution in [0.3, 0.4) is 0 Å². The van der Waals surface area contributed by atoms with Crippen LogP contribution in [0.4, 0.5) is 5.69 Å². The van der Waals surface area contributed by atoms with Crippen molar-refractivity contribution in [1.29, 1.82) is 0 Å². The quantitative estimate of drug-likeness (QED) is 0.857. The molecule has 1 aliphatic rings. The average molecular weight is 274 g/mol. The third kappa shape index (κ3) is 3.09. The fourth-order valence-corrected chi connectivity index (χ4v) is 4.40. The van der Waals surface area contributed by atoms with E-state index in [2.05, 4.69) is 17.4 Å². The molecular weight excluding hydrogens is 262 g/mol. The van der Waals surface area contributed by atoms with Crippen LogP contribution in [-0.4, -0.2) is 23.3 Å². The zero-order valence-electron chi connectivity index (χ0n) is 8.61. The molecule has 0 radical (unpaired) electrons. The minimum Gasteiger partial charge on any atom is -0.325 e. The maximum atomic E-state index is 11.1. The van der Waals surface area contributed by atoms with Gasteiger partial charge in [0, 0.05) is 17.2 Å². The van der Waals surface area contributed by atoms with Crippen LogP contribution in [0.15, 0.2) is 24.3 Å². The first kappa shape index (κ1) is 12.1. The van der Waals surface area contributed by atoms with Gasteiger partial charge in [-0.1, -0.05) is 12.1 Å². The van der Waals surface area contributed by atoms with Gasteiger partial charge < -0.3 is 5.32 Å². The van der Waals surface area contributed by atoms with E-state index < -0.39 is 0 Å². The number of amides is 1. The van der Waals surface area contributed by atoms with E-state index >= 15 is 0 Å². The van der Waals surface area contributed by atoms with Crippen LogP contribution in [0.5, 0.6) is 0 Å². The Morgan fingerprint density at radius 2 is 1.94 bits per heavy atom. The molecule has 0 atom stereocenters. The molecule has 2 rings (SSSR count). The smallest absolute Gasteiger partial charge is 0.239 e. The lowest BCUT2D eigenvalue weighted by Gasteiger charge is -2.09. The number of carbonyl (C=O) groups excluding carboxylic acids is 1. The predicted octanol–water partition coefficient (Wildman–Crippen LogP) is 3.34. The first-order valence-electron chi connectivity index (χ1n) is 4.98. The number of benzene rings is 1. The van der Waals surface area contributed by atoms with Gasteiger partial charge in [-0.3, -0.25) is 4.79 Å². The van der Waals surface area contributed by atoms with Gasteiger partial charge in [0.05, 0.1) is 4.58 Å². The highest BCUT2D eigenvalue weighted by Gasteiger charge is 2.17. The van der Waals surface area contributed by atoms with Crippen molar-refractivity contribution >= 4 is 46.7 Å². The lowest BCUT2D eigenvalue weighted by Crippen LogP contribution is -2.12. The van der Waals surface area contributed by atoms with Crippen LogP contribution in [0, 0.1) is 0 Å². The van der Waals surface area contributed by atoms with E-state index in [0.29, 0.717) is 4.58 Å². The topological polar surface area (TPSA) is 29.1 Å². The highest BCUT2D eigenvalue weighted by Crippen LogP contribution is 2.45. The van der Waals surface area contributed by atoms with E-state index in [1.807, 2.05) is 35.7 Å². The largest absolute Gasteiger partial charge is 0.325 e. The highest BCUT2D eigenvalue weighted by atomic mass is 35.5. The molecule has 0 saturated carbocycles. The second-order valence-electron chi connectivity index (χ2n) is 3.38. The number of anilines is 1. The van der Waals surface area contributed by atoms with Gasteiger partial charge in [0.2, 0.25) is 5.91 Å². The molecule has 1 aromatic carbocycles. The number of alkyl halides is 1. The van der Waals surface area contributed by atoms with E-state index in [-0.39, 0.29) is 11.8 Å². The third-order valence-electron chi connectivity index (χ3n) is 2.21. The standard InChI is InChI=1S/C11H12ClNOS2/c12-7-10(14)13-9-3-1-8(2-4-9)11-15-5-6-16-11/h1-4,11H,5-7H2,(H,13,14). The third-order valence-corrected chi connectivity index (χ3v) is 5.56. The van der Waals surface area contributed by atoms with Gasteiger partial charge in [0.15, 0.2) is 0 Å². The fraction of sp³-hybridized carbons (Fsp3) is 0.364. The second-order valence-corrected chi connectivity index (χ2v) is 6.37. The van der Waals surface area contributed by atoms with E-state index in [4.69, 9.17) is 11.6 Å². The van der Waals surface area contributed by atoms with Gasteiger partial charge in [-0.25, -0.2) is 0 Å². The molecule has 1 saturated heterocycles. The van der Waals surface area contributed by atoms with Crippen molar-refractivity contribution in [2.75, 3.05) is 22.7 Å². The zero-order valence-corrected chi connectivity index (χ0v) is 11.0. The number of nitrogens with one attached hydrogen (secondary N) is 1. The maximum absolute atomic E-state index is 11.1. The average Bonchev–Trinajstić information content (AvgIpc) is 2.83. The number of carbonyl (C=O) groups is 1. The second kappa shape index (κ2) is 5.84. The number of thioether (sulfide) groups is 2. The number of rotatable bonds is 3. The Hall–Kier alpha value is -0.320. The van der Waals surface area contributed by atoms with Crippen LogP contribution in [0.25, 0.3) is 0 Å². The molecule has 0 bridgehead atoms. The summed E-state index contributed by atoms with van der Waals surface area (Å²) in [5, 5.41) is 2.72. The van der Waals surface area contributed by atoms with Gasteiger partial charge in [-0.05, 0) is 17.7 Å². The molecule has 86 valence electrons. The summed E-state index contributed by atoms with van der Waals surface area (Å²) in [6.45, 7) is 0. The lowest BCUT2D eigenvalue weighted by molar-refractivity contribution is -0.113. The molecule has 0 spiro atoms. The first-order valence-corrected chi connectivity index (χ1v) is 7.62. The molecule has 1 aromatic rings. The summed E-state index contributed by atoms with van der Waals surface area (Å²) >= 11 is 9.37. The van der Waals surface area contributed by atoms with Gasteiger partial charge in [-0.2, -0.15) is 0 Å². The van der Waals surface area contributed by atoms with Crippen LogP contribution in [0.1, 0.15) is 10.1 Å². The Morgan fingerprint density at radius 3 is 2.50 bits per heavy atom. The Kier molecular flexibility index (Phi) is 4.44. The molecule has 1 heterocycles. The van der Waals surface area contributed by atoms with Crippen molar-refractivity contribution in [2.45, 2.75) is 4.58 Å². The molecule has 1 aliphatic heterocycles. The van der Waals surface area contributed by atoms with Crippen LogP contribution < -0.4 is 5.32 Å². The summed E-state index contributed by atoms with van der Waals surface area (Å²) in [4.78, 5) is 11.1. The summed E-state index contributed by atoms with van der Waals surface area (Å²) in [6.07, 6.45) is 0. The molecule has 0 unspecified atom stereocenters. The van der Waals surface area contributed by atoms with Gasteiger partial charge in [0.25, 0.3) is 0 Å². The SMILES string of the molecule is O=C(CCl)Nc1ccc(C2SCCS2)cc1. The summed E-state index contributed by atoms with van der Waals surface area (Å²) in [7, 11) is 0. The zero-order chi connectivity index (χ0) is 11.4. The van der Waals surface area contributed by atoms with E-state index in [9.17, 15) is 4.79 Å². The molecule has 0 aliphatic carbocycles. The molecule has 2 nitrogen and oxygen atoms in total. The molecule has 5 heteroatoms. The molecule has 16 heavy (non-hydrogen) atoms. The van der Waals surface area contributed by atoms with Crippen molar-refractivity contribution < 1.29 is 4.79 Å². The number of halogens is 1. The van der Waals surface area contributed by atoms with Crippen LogP contribution >= 0.6 is 35.1 Å². The van der Waals surface area contributed by atoms with Crippen molar-refractivity contribution in [2.24, 2.45) is 0 Å². The minimum atomic E-state index is -0.168. The highest BCUT2D eigenvalue weighted by molar-refractivity contribution is 8.19. The molecule has 1 fully saturated rings. The summed E-state index contributed by atoms with van der Waals surface area (Å²) in [5.74, 6) is 2.27. The van der Waals surface area contributed by atoms with Gasteiger partial charge in [0.1, 0.15) is 5.88 Å². The summed E-state index contributed by atoms with van der Waals surface area (Å²) in [5.41, 5.74) is 2.12. The molecule has 1 N–H and O–H groups in total. The van der Waals surface area contributed by atoms with Crippen LogP contribution in [0.2, 0.25) is 0 Å². The normalized spacial score (nSPS) is 16.3. The maximum Gasteiger partial charge on any atom is 0.239 e. The lowest BCUT2D eigenvalue weighted by atomic mass is 10.2. The number of hydrogen-bond donors (Lipinski definition) is 1. The van der Waals surface area contributed by atoms with E-state index in [1.165, 1.54) is 17.1 Å². The predicted molar refractivity (Wildman–Crippen MR) is 73.4 cm³/mol. The van der Waals surface area contributed by atoms with Gasteiger partial charge >= 0.3 is 0 Å². The van der Waals surface area contributed by atoms with Crippen LogP contribution in [-0.2, 0) is 4.79 Å². The fourth-order valence-electron chi connectivity index (χ4n) is 1.47. The monoisotopic (exact) mass is 273 g/mol. The van der Waals surface area contributed by atoms with Gasteiger partial charge in [-0.15, -0.1) is 35.1 Å². The Bertz CT molecular complexity index is 363. The minimum absolute atomic E-state index is 0.00389. The first-order chi connectivity index (χ1) is 7.79. The Labute approximate surface area is 109 Å². The number of hydrogen-bond acceptors (Lipinski definition) is 3. The van der Waals surface area contributed by atoms with E-state index in [0.717, 1.165) is 5.69 Å². The molecular formula is C11H12ClNOS2.